The second kappa shape index (κ2) is 7.84. The fourth-order valence-electron chi connectivity index (χ4n) is 3.34. The number of ether oxygens (including phenoxy) is 1. The second-order valence-electron chi connectivity index (χ2n) is 6.76. The Hall–Kier alpha value is -2.12. The van der Waals surface area contributed by atoms with Gasteiger partial charge < -0.3 is 14.9 Å². The zero-order chi connectivity index (χ0) is 17.8. The highest BCUT2D eigenvalue weighted by Gasteiger charge is 2.29. The third-order valence-corrected chi connectivity index (χ3v) is 4.84. The summed E-state index contributed by atoms with van der Waals surface area (Å²) in [7, 11) is 0. The summed E-state index contributed by atoms with van der Waals surface area (Å²) >= 11 is 0. The molecule has 25 heavy (non-hydrogen) atoms. The Morgan fingerprint density at radius 2 is 1.92 bits per heavy atom. The molecule has 0 radical (unpaired) electrons. The summed E-state index contributed by atoms with van der Waals surface area (Å²) in [5, 5.41) is 19.4. The van der Waals surface area contributed by atoms with Crippen LogP contribution in [0.5, 0.6) is 0 Å². The van der Waals surface area contributed by atoms with Crippen molar-refractivity contribution in [3.63, 3.8) is 0 Å². The highest BCUT2D eigenvalue weighted by Crippen LogP contribution is 2.32. The molecular weight excluding hydrogens is 312 g/mol. The van der Waals surface area contributed by atoms with E-state index in [4.69, 9.17) is 11.2 Å². The molecule has 0 bridgehead atoms. The van der Waals surface area contributed by atoms with Crippen LogP contribution in [0.1, 0.15) is 46.8 Å². The van der Waals surface area contributed by atoms with E-state index in [0.717, 1.165) is 17.5 Å². The first-order valence-corrected chi connectivity index (χ1v) is 8.68. The van der Waals surface area contributed by atoms with Crippen LogP contribution in [0, 0.1) is 19.3 Å². The fraction of sp³-hybridized carbons (Fsp3) is 0.364. The lowest BCUT2D eigenvalue weighted by Crippen LogP contribution is -2.33. The molecule has 0 saturated carbocycles. The van der Waals surface area contributed by atoms with Gasteiger partial charge in [-0.15, -0.1) is 6.42 Å². The molecule has 1 aliphatic rings. The standard InChI is InChI=1S/C22H24O3/c1-3-16-5-7-17(8-6-16)10-19-11-18(9-4-15(19)2)22-13-20(24)12-21(14-23)25-22/h1,4-9,11,20-24H,10,12-14H2,2H3/t20?,21?,22-/m1/s1. The summed E-state index contributed by atoms with van der Waals surface area (Å²) in [6.07, 6.45) is 6.39. The molecule has 3 atom stereocenters. The zero-order valence-electron chi connectivity index (χ0n) is 14.5. The predicted molar refractivity (Wildman–Crippen MR) is 98.3 cm³/mol. The molecule has 3 heteroatoms. The van der Waals surface area contributed by atoms with Gasteiger partial charge in [-0.1, -0.05) is 36.3 Å². The SMILES string of the molecule is C#Cc1ccc(Cc2cc([C@H]3CC(O)CC(CO)O3)ccc2C)cc1. The molecule has 130 valence electrons. The smallest absolute Gasteiger partial charge is 0.0854 e. The largest absolute Gasteiger partial charge is 0.394 e. The van der Waals surface area contributed by atoms with Crippen molar-refractivity contribution in [2.45, 2.75) is 44.5 Å². The molecule has 2 unspecified atom stereocenters. The molecule has 3 nitrogen and oxygen atoms in total. The average Bonchev–Trinajstić information content (AvgIpc) is 2.63. The van der Waals surface area contributed by atoms with Gasteiger partial charge in [0.2, 0.25) is 0 Å². The molecule has 3 rings (SSSR count). The minimum atomic E-state index is -0.433. The zero-order valence-corrected chi connectivity index (χ0v) is 14.5. The van der Waals surface area contributed by atoms with Crippen LogP contribution in [0.4, 0.5) is 0 Å². The van der Waals surface area contributed by atoms with Crippen molar-refractivity contribution in [1.29, 1.82) is 0 Å². The summed E-state index contributed by atoms with van der Waals surface area (Å²) in [5.74, 6) is 2.63. The van der Waals surface area contributed by atoms with E-state index in [0.29, 0.717) is 12.8 Å². The molecule has 2 N–H and O–H groups in total. The van der Waals surface area contributed by atoms with E-state index < -0.39 is 6.10 Å². The first-order valence-electron chi connectivity index (χ1n) is 8.68. The lowest BCUT2D eigenvalue weighted by Gasteiger charge is -2.32. The van der Waals surface area contributed by atoms with Crippen molar-refractivity contribution >= 4 is 0 Å². The van der Waals surface area contributed by atoms with Crippen LogP contribution >= 0.6 is 0 Å². The number of aryl methyl sites for hydroxylation is 1. The topological polar surface area (TPSA) is 49.7 Å². The Balaban J connectivity index is 1.81. The Bertz CT molecular complexity index is 758. The molecule has 1 heterocycles. The molecule has 1 fully saturated rings. The molecule has 0 amide bonds. The summed E-state index contributed by atoms with van der Waals surface area (Å²) in [5.41, 5.74) is 5.60. The van der Waals surface area contributed by atoms with Gasteiger partial charge in [0.25, 0.3) is 0 Å². The number of hydrogen-bond acceptors (Lipinski definition) is 3. The van der Waals surface area contributed by atoms with Crippen LogP contribution in [0.25, 0.3) is 0 Å². The van der Waals surface area contributed by atoms with Gasteiger partial charge in [-0.05, 0) is 47.7 Å². The number of aliphatic hydroxyl groups is 2. The Kier molecular flexibility index (Phi) is 5.55. The van der Waals surface area contributed by atoms with Crippen molar-refractivity contribution in [1.82, 2.24) is 0 Å². The molecule has 2 aromatic rings. The van der Waals surface area contributed by atoms with Crippen molar-refractivity contribution in [3.05, 3.63) is 70.3 Å². The van der Waals surface area contributed by atoms with Crippen LogP contribution in [-0.2, 0) is 11.2 Å². The molecule has 0 aliphatic carbocycles. The third-order valence-electron chi connectivity index (χ3n) is 4.84. The average molecular weight is 336 g/mol. The van der Waals surface area contributed by atoms with Crippen molar-refractivity contribution in [2.75, 3.05) is 6.61 Å². The monoisotopic (exact) mass is 336 g/mol. The summed E-state index contributed by atoms with van der Waals surface area (Å²) in [4.78, 5) is 0. The number of benzene rings is 2. The Morgan fingerprint density at radius 1 is 1.16 bits per heavy atom. The third kappa shape index (κ3) is 4.29. The number of terminal acetylenes is 1. The van der Waals surface area contributed by atoms with Crippen LogP contribution < -0.4 is 0 Å². The highest BCUT2D eigenvalue weighted by atomic mass is 16.5. The van der Waals surface area contributed by atoms with Crippen LogP contribution in [0.2, 0.25) is 0 Å². The molecular formula is C22H24O3. The van der Waals surface area contributed by atoms with Gasteiger partial charge in [0.15, 0.2) is 0 Å². The van der Waals surface area contributed by atoms with E-state index in [1.807, 2.05) is 12.1 Å². The fourth-order valence-corrected chi connectivity index (χ4v) is 3.34. The van der Waals surface area contributed by atoms with E-state index in [1.54, 1.807) is 0 Å². The van der Waals surface area contributed by atoms with Crippen LogP contribution in [0.3, 0.4) is 0 Å². The van der Waals surface area contributed by atoms with E-state index in [-0.39, 0.29) is 18.8 Å². The quantitative estimate of drug-likeness (QED) is 0.844. The van der Waals surface area contributed by atoms with Crippen molar-refractivity contribution in [3.8, 4) is 12.3 Å². The van der Waals surface area contributed by atoms with Crippen molar-refractivity contribution < 1.29 is 14.9 Å². The number of aliphatic hydroxyl groups excluding tert-OH is 2. The van der Waals surface area contributed by atoms with Crippen molar-refractivity contribution in [2.24, 2.45) is 0 Å². The van der Waals surface area contributed by atoms with Crippen LogP contribution in [0.15, 0.2) is 42.5 Å². The first-order chi connectivity index (χ1) is 12.1. The predicted octanol–water partition coefficient (Wildman–Crippen LogP) is 3.14. The van der Waals surface area contributed by atoms with E-state index in [1.165, 1.54) is 16.7 Å². The number of rotatable bonds is 4. The first kappa shape index (κ1) is 17.7. The van der Waals surface area contributed by atoms with E-state index in [2.05, 4.69) is 43.2 Å². The van der Waals surface area contributed by atoms with Gasteiger partial charge in [0, 0.05) is 18.4 Å². The molecule has 0 aromatic heterocycles. The lowest BCUT2D eigenvalue weighted by atomic mass is 9.92. The van der Waals surface area contributed by atoms with Gasteiger partial charge in [0.05, 0.1) is 24.9 Å². The van der Waals surface area contributed by atoms with Gasteiger partial charge in [-0.3, -0.25) is 0 Å². The number of hydrogen-bond donors (Lipinski definition) is 2. The Morgan fingerprint density at radius 3 is 2.60 bits per heavy atom. The summed E-state index contributed by atoms with van der Waals surface area (Å²) < 4.78 is 5.94. The molecule has 1 aliphatic heterocycles. The maximum absolute atomic E-state index is 10.0. The molecule has 0 spiro atoms. The summed E-state index contributed by atoms with van der Waals surface area (Å²) in [6, 6.07) is 14.3. The minimum Gasteiger partial charge on any atom is -0.394 e. The maximum Gasteiger partial charge on any atom is 0.0854 e. The highest BCUT2D eigenvalue weighted by molar-refractivity contribution is 5.39. The van der Waals surface area contributed by atoms with Gasteiger partial charge in [-0.25, -0.2) is 0 Å². The van der Waals surface area contributed by atoms with Gasteiger partial charge in [-0.2, -0.15) is 0 Å². The maximum atomic E-state index is 10.0. The molecule has 2 aromatic carbocycles. The second-order valence-corrected chi connectivity index (χ2v) is 6.76. The van der Waals surface area contributed by atoms with E-state index >= 15 is 0 Å². The molecule has 1 saturated heterocycles. The van der Waals surface area contributed by atoms with E-state index in [9.17, 15) is 10.2 Å². The van der Waals surface area contributed by atoms with Gasteiger partial charge in [0.1, 0.15) is 0 Å². The van der Waals surface area contributed by atoms with Crippen LogP contribution in [-0.4, -0.2) is 29.0 Å². The Labute approximate surface area is 149 Å². The lowest BCUT2D eigenvalue weighted by molar-refractivity contribution is -0.113. The normalized spacial score (nSPS) is 23.2. The minimum absolute atomic E-state index is 0.0617. The van der Waals surface area contributed by atoms with Gasteiger partial charge >= 0.3 is 0 Å². The summed E-state index contributed by atoms with van der Waals surface area (Å²) in [6.45, 7) is 2.04.